The summed E-state index contributed by atoms with van der Waals surface area (Å²) in [6, 6.07) is 24.5. The second-order valence-corrected chi connectivity index (χ2v) is 7.20. The van der Waals surface area contributed by atoms with Crippen molar-refractivity contribution in [2.45, 2.75) is 24.7 Å². The average Bonchev–Trinajstić information content (AvgIpc) is 3.37. The van der Waals surface area contributed by atoms with Gasteiger partial charge in [-0.15, -0.1) is 0 Å². The topological polar surface area (TPSA) is 34.1 Å². The van der Waals surface area contributed by atoms with Crippen LogP contribution in [0.2, 0.25) is 0 Å². The van der Waals surface area contributed by atoms with Gasteiger partial charge in [0, 0.05) is 0 Å². The van der Waals surface area contributed by atoms with Gasteiger partial charge in [-0.25, -0.2) is 0 Å². The number of hydrogen-bond donors (Lipinski definition) is 0. The van der Waals surface area contributed by atoms with Gasteiger partial charge in [-0.05, 0) is 46.9 Å². The van der Waals surface area contributed by atoms with Gasteiger partial charge < -0.3 is 0 Å². The number of carbonyl (C=O) groups excluding carboxylic acids is 2. The van der Waals surface area contributed by atoms with E-state index in [1.165, 1.54) is 10.8 Å². The van der Waals surface area contributed by atoms with Crippen LogP contribution < -0.4 is 0 Å². The predicted molar refractivity (Wildman–Crippen MR) is 113 cm³/mol. The average molecular weight is 366 g/mol. The highest BCUT2D eigenvalue weighted by atomic mass is 16.1. The van der Waals surface area contributed by atoms with Crippen LogP contribution in [0.25, 0.3) is 10.8 Å². The molecular formula is C26H22O2. The summed E-state index contributed by atoms with van der Waals surface area (Å²) >= 11 is 0. The van der Waals surface area contributed by atoms with Crippen LogP contribution in [0.4, 0.5) is 0 Å². The van der Waals surface area contributed by atoms with E-state index in [0.29, 0.717) is 0 Å². The van der Waals surface area contributed by atoms with Crippen LogP contribution in [0.1, 0.15) is 35.8 Å². The first-order valence-electron chi connectivity index (χ1n) is 9.67. The molecule has 0 aliphatic heterocycles. The molecule has 0 radical (unpaired) electrons. The summed E-state index contributed by atoms with van der Waals surface area (Å²) in [4.78, 5) is 22.9. The van der Waals surface area contributed by atoms with E-state index in [2.05, 4.69) is 30.3 Å². The molecule has 2 aliphatic carbocycles. The minimum absolute atomic E-state index is 0.0459. The lowest BCUT2D eigenvalue weighted by Crippen LogP contribution is -2.04. The summed E-state index contributed by atoms with van der Waals surface area (Å²) in [6.45, 7) is 0. The monoisotopic (exact) mass is 366 g/mol. The Morgan fingerprint density at radius 2 is 1.14 bits per heavy atom. The largest absolute Gasteiger partial charge is 0.294 e. The summed E-state index contributed by atoms with van der Waals surface area (Å²) in [5.41, 5.74) is 2.27. The van der Waals surface area contributed by atoms with Gasteiger partial charge in [0.1, 0.15) is 0 Å². The first-order chi connectivity index (χ1) is 13.7. The van der Waals surface area contributed by atoms with E-state index >= 15 is 0 Å². The van der Waals surface area contributed by atoms with Crippen LogP contribution in [0.15, 0.2) is 97.1 Å². The van der Waals surface area contributed by atoms with E-state index in [4.69, 9.17) is 0 Å². The molecule has 138 valence electrons. The van der Waals surface area contributed by atoms with Gasteiger partial charge in [0.25, 0.3) is 0 Å². The van der Waals surface area contributed by atoms with E-state index in [-0.39, 0.29) is 23.4 Å². The first-order valence-corrected chi connectivity index (χ1v) is 9.67. The summed E-state index contributed by atoms with van der Waals surface area (Å²) < 4.78 is 0. The molecule has 0 N–H and O–H groups in total. The van der Waals surface area contributed by atoms with Crippen molar-refractivity contribution in [3.8, 4) is 0 Å². The maximum atomic E-state index is 11.6. The molecule has 0 heterocycles. The number of ketones is 2. The second-order valence-electron chi connectivity index (χ2n) is 7.20. The normalized spacial score (nSPS) is 20.4. The van der Waals surface area contributed by atoms with E-state index in [9.17, 15) is 9.59 Å². The van der Waals surface area contributed by atoms with Gasteiger partial charge in [0.05, 0.1) is 11.8 Å². The van der Waals surface area contributed by atoms with E-state index in [0.717, 1.165) is 24.0 Å². The quantitative estimate of drug-likeness (QED) is 0.578. The van der Waals surface area contributed by atoms with Crippen molar-refractivity contribution in [1.82, 2.24) is 0 Å². The molecule has 2 heteroatoms. The fourth-order valence-corrected chi connectivity index (χ4v) is 3.82. The molecule has 2 atom stereocenters. The van der Waals surface area contributed by atoms with Crippen molar-refractivity contribution in [2.24, 2.45) is 0 Å². The van der Waals surface area contributed by atoms with Crippen LogP contribution in [0, 0.1) is 0 Å². The maximum absolute atomic E-state index is 11.6. The zero-order valence-electron chi connectivity index (χ0n) is 15.6. The highest BCUT2D eigenvalue weighted by Crippen LogP contribution is 2.29. The molecular weight excluding hydrogens is 344 g/mol. The van der Waals surface area contributed by atoms with Crippen LogP contribution in [-0.4, -0.2) is 11.6 Å². The molecule has 0 saturated carbocycles. The Labute approximate surface area is 165 Å². The fourth-order valence-electron chi connectivity index (χ4n) is 3.82. The van der Waals surface area contributed by atoms with Crippen LogP contribution in [0.5, 0.6) is 0 Å². The van der Waals surface area contributed by atoms with Crippen molar-refractivity contribution in [1.29, 1.82) is 0 Å². The van der Waals surface area contributed by atoms with E-state index in [1.54, 1.807) is 12.2 Å². The summed E-state index contributed by atoms with van der Waals surface area (Å²) in [7, 11) is 0. The fraction of sp³-hybridized carbons (Fsp3) is 0.154. The third-order valence-corrected chi connectivity index (χ3v) is 5.37. The Morgan fingerprint density at radius 3 is 1.75 bits per heavy atom. The molecule has 2 nitrogen and oxygen atoms in total. The van der Waals surface area contributed by atoms with Gasteiger partial charge in [0.15, 0.2) is 11.6 Å². The van der Waals surface area contributed by atoms with Crippen molar-refractivity contribution in [3.05, 3.63) is 108 Å². The molecule has 5 rings (SSSR count). The number of allylic oxidation sites excluding steroid dienone is 4. The first kappa shape index (κ1) is 18.1. The minimum atomic E-state index is 0.0459. The minimum Gasteiger partial charge on any atom is -0.294 e. The standard InChI is InChI=1S/C15H12O.C11H10O/c16-15-7-3-6-14(15)13-9-8-11-4-1-2-5-12(11)10-13;12-11-8-4-7-10(11)9-5-2-1-3-6-9/h1-5,7-10,14H,6H2;1-6,8,10H,7H2. The molecule has 0 saturated heterocycles. The lowest BCUT2D eigenvalue weighted by Gasteiger charge is -2.09. The number of fused-ring (bicyclic) bond motifs is 1. The number of rotatable bonds is 2. The Bertz CT molecular complexity index is 1060. The summed E-state index contributed by atoms with van der Waals surface area (Å²) in [6.07, 6.45) is 8.99. The lowest BCUT2D eigenvalue weighted by molar-refractivity contribution is -0.116. The molecule has 28 heavy (non-hydrogen) atoms. The second kappa shape index (κ2) is 8.18. The number of hydrogen-bond acceptors (Lipinski definition) is 2. The van der Waals surface area contributed by atoms with Crippen molar-refractivity contribution >= 4 is 22.3 Å². The van der Waals surface area contributed by atoms with Crippen LogP contribution >= 0.6 is 0 Å². The van der Waals surface area contributed by atoms with Gasteiger partial charge in [-0.1, -0.05) is 84.9 Å². The van der Waals surface area contributed by atoms with E-state index in [1.807, 2.05) is 54.6 Å². The van der Waals surface area contributed by atoms with Crippen LogP contribution in [-0.2, 0) is 9.59 Å². The predicted octanol–water partition coefficient (Wildman–Crippen LogP) is 5.75. The van der Waals surface area contributed by atoms with E-state index < -0.39 is 0 Å². The molecule has 0 amide bonds. The van der Waals surface area contributed by atoms with Gasteiger partial charge in [-0.2, -0.15) is 0 Å². The molecule has 0 bridgehead atoms. The van der Waals surface area contributed by atoms with Crippen molar-refractivity contribution < 1.29 is 9.59 Å². The van der Waals surface area contributed by atoms with Crippen molar-refractivity contribution in [3.63, 3.8) is 0 Å². The highest BCUT2D eigenvalue weighted by Gasteiger charge is 2.21. The number of carbonyl (C=O) groups is 2. The molecule has 3 aromatic rings. The Hall–Kier alpha value is -3.26. The summed E-state index contributed by atoms with van der Waals surface area (Å²) in [5, 5.41) is 2.43. The lowest BCUT2D eigenvalue weighted by atomic mass is 9.94. The van der Waals surface area contributed by atoms with Gasteiger partial charge in [0.2, 0.25) is 0 Å². The Morgan fingerprint density at radius 1 is 0.571 bits per heavy atom. The third-order valence-electron chi connectivity index (χ3n) is 5.37. The van der Waals surface area contributed by atoms with Crippen molar-refractivity contribution in [2.75, 3.05) is 0 Å². The zero-order valence-corrected chi connectivity index (χ0v) is 15.6. The molecule has 0 spiro atoms. The highest BCUT2D eigenvalue weighted by molar-refractivity contribution is 5.98. The molecule has 0 aromatic heterocycles. The Balaban J connectivity index is 0.000000143. The summed E-state index contributed by atoms with van der Waals surface area (Å²) in [5.74, 6) is 0.604. The molecule has 2 aliphatic rings. The molecule has 3 aromatic carbocycles. The molecule has 2 unspecified atom stereocenters. The number of benzene rings is 3. The van der Waals surface area contributed by atoms with Crippen LogP contribution in [0.3, 0.4) is 0 Å². The zero-order chi connectivity index (χ0) is 19.3. The smallest absolute Gasteiger partial charge is 0.163 e. The third kappa shape index (κ3) is 3.86. The maximum Gasteiger partial charge on any atom is 0.163 e. The van der Waals surface area contributed by atoms with Gasteiger partial charge in [-0.3, -0.25) is 9.59 Å². The SMILES string of the molecule is O=C1C=CCC1c1ccc2ccccc2c1.O=C1C=CCC1c1ccccc1. The Kier molecular flexibility index (Phi) is 5.29. The molecule has 0 fully saturated rings. The van der Waals surface area contributed by atoms with Gasteiger partial charge >= 0.3 is 0 Å².